The van der Waals surface area contributed by atoms with E-state index in [0.717, 1.165) is 38.6 Å². The van der Waals surface area contributed by atoms with Crippen molar-refractivity contribution in [1.82, 2.24) is 9.80 Å². The zero-order valence-electron chi connectivity index (χ0n) is 9.74. The molecule has 3 nitrogen and oxygen atoms in total. The Morgan fingerprint density at radius 1 is 1.20 bits per heavy atom. The van der Waals surface area contributed by atoms with E-state index in [9.17, 15) is 4.79 Å². The van der Waals surface area contributed by atoms with Gasteiger partial charge in [-0.05, 0) is 26.3 Å². The molecule has 86 valence electrons. The molecular formula is C12H22N2O. The average molecular weight is 210 g/mol. The first-order valence-electron chi connectivity index (χ1n) is 6.24. The lowest BCUT2D eigenvalue weighted by Gasteiger charge is -2.38. The van der Waals surface area contributed by atoms with Gasteiger partial charge in [-0.1, -0.05) is 6.42 Å². The molecule has 2 heterocycles. The molecule has 0 aromatic heterocycles. The van der Waals surface area contributed by atoms with Gasteiger partial charge in [-0.25, -0.2) is 0 Å². The molecule has 1 unspecified atom stereocenters. The molecule has 0 spiro atoms. The average Bonchev–Trinajstić information content (AvgIpc) is 2.25. The molecule has 0 radical (unpaired) electrons. The Bertz CT molecular complexity index is 220. The van der Waals surface area contributed by atoms with Gasteiger partial charge in [-0.3, -0.25) is 14.6 Å². The van der Waals surface area contributed by atoms with Crippen molar-refractivity contribution in [1.29, 1.82) is 0 Å². The van der Waals surface area contributed by atoms with Crippen LogP contribution < -0.4 is 0 Å². The van der Waals surface area contributed by atoms with Crippen LogP contribution in [0.15, 0.2) is 0 Å². The maximum Gasteiger partial charge on any atom is 0.135 e. The number of nitrogens with zero attached hydrogens (tertiary/aromatic N) is 2. The van der Waals surface area contributed by atoms with Crippen molar-refractivity contribution < 1.29 is 4.79 Å². The lowest BCUT2D eigenvalue weighted by atomic mass is 10.0. The van der Waals surface area contributed by atoms with Crippen LogP contribution in [0.3, 0.4) is 0 Å². The summed E-state index contributed by atoms with van der Waals surface area (Å²) >= 11 is 0. The summed E-state index contributed by atoms with van der Waals surface area (Å²) in [6.07, 6.45) is 5.60. The van der Waals surface area contributed by atoms with E-state index in [1.54, 1.807) is 0 Å². The van der Waals surface area contributed by atoms with Crippen molar-refractivity contribution in [3.8, 4) is 0 Å². The van der Waals surface area contributed by atoms with Crippen LogP contribution in [0.25, 0.3) is 0 Å². The number of Topliss-reactive ketones (excluding diaryl/α,β-unsaturated/α-hetero) is 1. The van der Waals surface area contributed by atoms with Gasteiger partial charge in [0.15, 0.2) is 0 Å². The number of hydrogen-bond donors (Lipinski definition) is 0. The molecule has 1 atom stereocenters. The summed E-state index contributed by atoms with van der Waals surface area (Å²) in [7, 11) is 0. The zero-order valence-corrected chi connectivity index (χ0v) is 9.74. The van der Waals surface area contributed by atoms with E-state index in [0.29, 0.717) is 5.78 Å². The van der Waals surface area contributed by atoms with Crippen LogP contribution in [0.2, 0.25) is 0 Å². The third-order valence-corrected chi connectivity index (χ3v) is 3.74. The molecule has 0 saturated carbocycles. The van der Waals surface area contributed by atoms with Gasteiger partial charge in [0.25, 0.3) is 0 Å². The quantitative estimate of drug-likeness (QED) is 0.690. The highest BCUT2D eigenvalue weighted by atomic mass is 16.1. The van der Waals surface area contributed by atoms with Crippen molar-refractivity contribution in [2.45, 2.75) is 45.1 Å². The Hall–Kier alpha value is -0.410. The van der Waals surface area contributed by atoms with Crippen LogP contribution in [-0.4, -0.2) is 47.9 Å². The molecule has 2 fully saturated rings. The molecule has 2 saturated heterocycles. The summed E-state index contributed by atoms with van der Waals surface area (Å²) in [6, 6.07) is 0.733. The van der Waals surface area contributed by atoms with E-state index in [2.05, 4.69) is 16.7 Å². The van der Waals surface area contributed by atoms with Gasteiger partial charge >= 0.3 is 0 Å². The van der Waals surface area contributed by atoms with Crippen LogP contribution in [-0.2, 0) is 4.79 Å². The highest BCUT2D eigenvalue weighted by molar-refractivity contribution is 5.79. The van der Waals surface area contributed by atoms with E-state index >= 15 is 0 Å². The third kappa shape index (κ3) is 3.02. The molecule has 0 amide bonds. The number of ketones is 1. The van der Waals surface area contributed by atoms with Gasteiger partial charge in [-0.15, -0.1) is 0 Å². The smallest absolute Gasteiger partial charge is 0.135 e. The lowest BCUT2D eigenvalue weighted by molar-refractivity contribution is -0.122. The molecule has 0 aromatic carbocycles. The van der Waals surface area contributed by atoms with Crippen molar-refractivity contribution in [3.63, 3.8) is 0 Å². The minimum Gasteiger partial charge on any atom is -0.300 e. The van der Waals surface area contributed by atoms with Crippen molar-refractivity contribution in [3.05, 3.63) is 0 Å². The predicted octanol–water partition coefficient (Wildman–Crippen LogP) is 1.48. The standard InChI is InChI=1S/C12H22N2O/c1-11-4-2-3-7-14(11)10-13-8-5-12(15)6-9-13/h11H,2-10H2,1H3. The fourth-order valence-corrected chi connectivity index (χ4v) is 2.57. The molecule has 0 aromatic rings. The molecule has 15 heavy (non-hydrogen) atoms. The first-order chi connectivity index (χ1) is 7.25. The predicted molar refractivity (Wildman–Crippen MR) is 60.7 cm³/mol. The normalized spacial score (nSPS) is 30.7. The van der Waals surface area contributed by atoms with Gasteiger partial charge < -0.3 is 0 Å². The first-order valence-corrected chi connectivity index (χ1v) is 6.24. The number of carbonyl (C=O) groups is 1. The SMILES string of the molecule is CC1CCCCN1CN1CCC(=O)CC1. The molecule has 2 aliphatic heterocycles. The Morgan fingerprint density at radius 3 is 2.60 bits per heavy atom. The van der Waals surface area contributed by atoms with Crippen molar-refractivity contribution in [2.24, 2.45) is 0 Å². The number of hydrogen-bond acceptors (Lipinski definition) is 3. The van der Waals surface area contributed by atoms with Gasteiger partial charge in [0, 0.05) is 32.0 Å². The summed E-state index contributed by atoms with van der Waals surface area (Å²) in [5, 5.41) is 0. The summed E-state index contributed by atoms with van der Waals surface area (Å²) in [6.45, 7) is 6.60. The van der Waals surface area contributed by atoms with Crippen molar-refractivity contribution in [2.75, 3.05) is 26.3 Å². The highest BCUT2D eigenvalue weighted by Crippen LogP contribution is 2.17. The Labute approximate surface area is 92.4 Å². The molecule has 2 rings (SSSR count). The second-order valence-electron chi connectivity index (χ2n) is 4.96. The van der Waals surface area contributed by atoms with Crippen LogP contribution in [0.1, 0.15) is 39.0 Å². The molecule has 0 aliphatic carbocycles. The maximum atomic E-state index is 11.1. The van der Waals surface area contributed by atoms with Crippen LogP contribution in [0.5, 0.6) is 0 Å². The summed E-state index contributed by atoms with van der Waals surface area (Å²) in [4.78, 5) is 16.1. The number of rotatable bonds is 2. The maximum absolute atomic E-state index is 11.1. The van der Waals surface area contributed by atoms with E-state index in [-0.39, 0.29) is 0 Å². The summed E-state index contributed by atoms with van der Waals surface area (Å²) in [5.41, 5.74) is 0. The molecule has 3 heteroatoms. The number of piperidine rings is 2. The van der Waals surface area contributed by atoms with Gasteiger partial charge in [0.05, 0.1) is 6.67 Å². The molecule has 2 aliphatic rings. The Kier molecular flexibility index (Phi) is 3.76. The van der Waals surface area contributed by atoms with E-state index in [1.165, 1.54) is 25.8 Å². The van der Waals surface area contributed by atoms with E-state index < -0.39 is 0 Å². The third-order valence-electron chi connectivity index (χ3n) is 3.74. The zero-order chi connectivity index (χ0) is 10.7. The summed E-state index contributed by atoms with van der Waals surface area (Å²) < 4.78 is 0. The molecular weight excluding hydrogens is 188 g/mol. The minimum atomic E-state index is 0.443. The Balaban J connectivity index is 1.78. The fraction of sp³-hybridized carbons (Fsp3) is 0.917. The van der Waals surface area contributed by atoms with Gasteiger partial charge in [0.1, 0.15) is 5.78 Å². The largest absolute Gasteiger partial charge is 0.300 e. The monoisotopic (exact) mass is 210 g/mol. The first kappa shape index (κ1) is 11.1. The second-order valence-corrected chi connectivity index (χ2v) is 4.96. The van der Waals surface area contributed by atoms with E-state index in [1.807, 2.05) is 0 Å². The summed E-state index contributed by atoms with van der Waals surface area (Å²) in [5.74, 6) is 0.443. The van der Waals surface area contributed by atoms with Crippen LogP contribution >= 0.6 is 0 Å². The fourth-order valence-electron chi connectivity index (χ4n) is 2.57. The van der Waals surface area contributed by atoms with E-state index in [4.69, 9.17) is 0 Å². The minimum absolute atomic E-state index is 0.443. The molecule has 0 bridgehead atoms. The van der Waals surface area contributed by atoms with Crippen molar-refractivity contribution >= 4 is 5.78 Å². The second kappa shape index (κ2) is 5.08. The van der Waals surface area contributed by atoms with Gasteiger partial charge in [-0.2, -0.15) is 0 Å². The van der Waals surface area contributed by atoms with Crippen LogP contribution in [0.4, 0.5) is 0 Å². The van der Waals surface area contributed by atoms with Gasteiger partial charge in [0.2, 0.25) is 0 Å². The van der Waals surface area contributed by atoms with Crippen LogP contribution in [0, 0.1) is 0 Å². The lowest BCUT2D eigenvalue weighted by Crippen LogP contribution is -2.47. The number of carbonyl (C=O) groups excluding carboxylic acids is 1. The number of likely N-dealkylation sites (tertiary alicyclic amines) is 2. The topological polar surface area (TPSA) is 23.6 Å². The Morgan fingerprint density at radius 2 is 1.93 bits per heavy atom. The molecule has 0 N–H and O–H groups in total. The highest BCUT2D eigenvalue weighted by Gasteiger charge is 2.22.